The van der Waals surface area contributed by atoms with Crippen LogP contribution in [0.4, 0.5) is 0 Å². The Morgan fingerprint density at radius 3 is 2.00 bits per heavy atom. The number of aliphatic hydroxyl groups excluding tert-OH is 2. The predicted molar refractivity (Wildman–Crippen MR) is 68.8 cm³/mol. The van der Waals surface area contributed by atoms with Crippen LogP contribution in [0.15, 0.2) is 23.3 Å². The molecule has 0 radical (unpaired) electrons. The lowest BCUT2D eigenvalue weighted by molar-refractivity contribution is -0.145. The fourth-order valence-corrected chi connectivity index (χ4v) is 0.846. The first-order chi connectivity index (χ1) is 7.81. The summed E-state index contributed by atoms with van der Waals surface area (Å²) >= 11 is 0. The molecule has 3 N–H and O–H groups in total. The normalized spacial score (nSPS) is 12.2. The van der Waals surface area contributed by atoms with Crippen molar-refractivity contribution < 1.29 is 20.1 Å². The van der Waals surface area contributed by atoms with Crippen molar-refractivity contribution in [3.8, 4) is 0 Å². The molecule has 0 aromatic heterocycles. The van der Waals surface area contributed by atoms with Crippen LogP contribution in [-0.4, -0.2) is 34.0 Å². The first-order valence-electron chi connectivity index (χ1n) is 5.62. The Bertz CT molecular complexity index is 261. The summed E-state index contributed by atoms with van der Waals surface area (Å²) in [5, 5.41) is 24.3. The molecule has 0 bridgehead atoms. The molecular formula is C13H24O4. The molecule has 0 spiro atoms. The molecule has 0 rings (SSSR count). The lowest BCUT2D eigenvalue weighted by Gasteiger charge is -1.96. The second kappa shape index (κ2) is 11.4. The molecule has 0 aromatic rings. The largest absolute Gasteiger partial charge is 0.479 e. The minimum absolute atomic E-state index is 0.167. The lowest BCUT2D eigenvalue weighted by Crippen LogP contribution is -2.13. The van der Waals surface area contributed by atoms with Gasteiger partial charge in [0.25, 0.3) is 0 Å². The van der Waals surface area contributed by atoms with Gasteiger partial charge >= 0.3 is 5.97 Å². The van der Waals surface area contributed by atoms with Gasteiger partial charge in [-0.25, -0.2) is 4.79 Å². The van der Waals surface area contributed by atoms with Crippen molar-refractivity contribution in [3.05, 3.63) is 23.3 Å². The van der Waals surface area contributed by atoms with Crippen LogP contribution in [0.3, 0.4) is 0 Å². The molecule has 0 aliphatic carbocycles. The van der Waals surface area contributed by atoms with Gasteiger partial charge in [0.1, 0.15) is 6.10 Å². The van der Waals surface area contributed by atoms with Crippen molar-refractivity contribution in [2.75, 3.05) is 6.61 Å². The highest BCUT2D eigenvalue weighted by Crippen LogP contribution is 2.05. The zero-order valence-electron chi connectivity index (χ0n) is 11.1. The number of aliphatic carboxylic acids is 1. The van der Waals surface area contributed by atoms with E-state index in [1.165, 1.54) is 18.1 Å². The van der Waals surface area contributed by atoms with Crippen LogP contribution in [0, 0.1) is 0 Å². The van der Waals surface area contributed by atoms with Gasteiger partial charge in [-0.05, 0) is 40.5 Å². The van der Waals surface area contributed by atoms with Crippen molar-refractivity contribution in [2.24, 2.45) is 0 Å². The van der Waals surface area contributed by atoms with Crippen LogP contribution < -0.4 is 0 Å². The van der Waals surface area contributed by atoms with Crippen molar-refractivity contribution in [3.63, 3.8) is 0 Å². The molecule has 0 aliphatic rings. The third kappa shape index (κ3) is 17.5. The quantitative estimate of drug-likeness (QED) is 0.647. The molecule has 4 nitrogen and oxygen atoms in total. The third-order valence-corrected chi connectivity index (χ3v) is 1.89. The van der Waals surface area contributed by atoms with E-state index in [9.17, 15) is 4.79 Å². The number of hydrogen-bond acceptors (Lipinski definition) is 3. The Kier molecular flexibility index (Phi) is 12.2. The maximum atomic E-state index is 9.45. The van der Waals surface area contributed by atoms with Crippen LogP contribution >= 0.6 is 0 Å². The Labute approximate surface area is 103 Å². The van der Waals surface area contributed by atoms with Gasteiger partial charge in [-0.3, -0.25) is 0 Å². The molecule has 0 aliphatic heterocycles. The molecule has 0 saturated carbocycles. The second-order valence-electron chi connectivity index (χ2n) is 4.07. The molecule has 4 heteroatoms. The molecule has 0 amide bonds. The Balaban J connectivity index is 0. The molecule has 0 aromatic carbocycles. The topological polar surface area (TPSA) is 77.8 Å². The van der Waals surface area contributed by atoms with Gasteiger partial charge in [-0.1, -0.05) is 23.3 Å². The van der Waals surface area contributed by atoms with E-state index in [4.69, 9.17) is 15.3 Å². The lowest BCUT2D eigenvalue weighted by atomic mass is 10.1. The number of carbonyl (C=O) groups is 1. The SMILES string of the molecule is CC(C)=CCC/C(C)=C/CO.CC(O)C(=O)O. The number of aliphatic hydroxyl groups is 2. The standard InChI is InChI=1S/C10H18O.C3H6O3/c1-9(2)5-4-6-10(3)7-8-11;1-2(4)3(5)6/h5,7,11H,4,6,8H2,1-3H3;2,4H,1H3,(H,5,6)/b10-7+;. The minimum Gasteiger partial charge on any atom is -0.479 e. The van der Waals surface area contributed by atoms with E-state index in [2.05, 4.69) is 26.8 Å². The summed E-state index contributed by atoms with van der Waals surface area (Å²) in [6, 6.07) is 0. The number of rotatable bonds is 5. The average molecular weight is 244 g/mol. The maximum Gasteiger partial charge on any atom is 0.332 e. The highest BCUT2D eigenvalue weighted by molar-refractivity contribution is 5.71. The Hall–Kier alpha value is -1.13. The molecule has 0 fully saturated rings. The van der Waals surface area contributed by atoms with Gasteiger partial charge in [0.15, 0.2) is 0 Å². The van der Waals surface area contributed by atoms with E-state index in [1.807, 2.05) is 6.08 Å². The van der Waals surface area contributed by atoms with Crippen molar-refractivity contribution in [2.45, 2.75) is 46.6 Å². The van der Waals surface area contributed by atoms with Gasteiger partial charge in [-0.2, -0.15) is 0 Å². The smallest absolute Gasteiger partial charge is 0.332 e. The van der Waals surface area contributed by atoms with E-state index in [1.54, 1.807) is 0 Å². The highest BCUT2D eigenvalue weighted by atomic mass is 16.4. The number of hydrogen-bond donors (Lipinski definition) is 3. The van der Waals surface area contributed by atoms with Crippen molar-refractivity contribution in [1.82, 2.24) is 0 Å². The van der Waals surface area contributed by atoms with E-state index >= 15 is 0 Å². The molecule has 1 atom stereocenters. The van der Waals surface area contributed by atoms with Crippen molar-refractivity contribution >= 4 is 5.97 Å². The summed E-state index contributed by atoms with van der Waals surface area (Å²) in [5.41, 5.74) is 2.63. The van der Waals surface area contributed by atoms with Gasteiger partial charge in [-0.15, -0.1) is 0 Å². The van der Waals surface area contributed by atoms with Crippen LogP contribution in [-0.2, 0) is 4.79 Å². The van der Waals surface area contributed by atoms with Gasteiger partial charge in [0.05, 0.1) is 6.61 Å². The molecule has 17 heavy (non-hydrogen) atoms. The van der Waals surface area contributed by atoms with Crippen LogP contribution in [0.25, 0.3) is 0 Å². The number of carboxylic acid groups (broad SMARTS) is 1. The fourth-order valence-electron chi connectivity index (χ4n) is 0.846. The van der Waals surface area contributed by atoms with Crippen LogP contribution in [0.5, 0.6) is 0 Å². The van der Waals surface area contributed by atoms with E-state index in [0.29, 0.717) is 0 Å². The third-order valence-electron chi connectivity index (χ3n) is 1.89. The summed E-state index contributed by atoms with van der Waals surface area (Å²) in [7, 11) is 0. The monoisotopic (exact) mass is 244 g/mol. The molecular weight excluding hydrogens is 220 g/mol. The maximum absolute atomic E-state index is 9.45. The fraction of sp³-hybridized carbons (Fsp3) is 0.615. The van der Waals surface area contributed by atoms with Gasteiger partial charge in [0.2, 0.25) is 0 Å². The first-order valence-corrected chi connectivity index (χ1v) is 5.62. The number of allylic oxidation sites excluding steroid dienone is 3. The van der Waals surface area contributed by atoms with Gasteiger partial charge in [0, 0.05) is 0 Å². The summed E-state index contributed by atoms with van der Waals surface area (Å²) in [5.74, 6) is -1.19. The number of carboxylic acids is 1. The van der Waals surface area contributed by atoms with Crippen LogP contribution in [0.1, 0.15) is 40.5 Å². The Morgan fingerprint density at radius 2 is 1.71 bits per heavy atom. The summed E-state index contributed by atoms with van der Waals surface area (Å²) in [6.45, 7) is 7.62. The molecule has 100 valence electrons. The van der Waals surface area contributed by atoms with E-state index in [0.717, 1.165) is 12.8 Å². The first kappa shape index (κ1) is 18.2. The molecule has 1 unspecified atom stereocenters. The Morgan fingerprint density at radius 1 is 1.24 bits per heavy atom. The zero-order valence-corrected chi connectivity index (χ0v) is 11.1. The average Bonchev–Trinajstić information content (AvgIpc) is 2.18. The van der Waals surface area contributed by atoms with E-state index in [-0.39, 0.29) is 6.61 Å². The van der Waals surface area contributed by atoms with Gasteiger partial charge < -0.3 is 15.3 Å². The highest BCUT2D eigenvalue weighted by Gasteiger charge is 2.01. The minimum atomic E-state index is -1.23. The van der Waals surface area contributed by atoms with Crippen molar-refractivity contribution in [1.29, 1.82) is 0 Å². The molecule has 0 saturated heterocycles. The summed E-state index contributed by atoms with van der Waals surface area (Å²) in [4.78, 5) is 9.45. The van der Waals surface area contributed by atoms with Crippen LogP contribution in [0.2, 0.25) is 0 Å². The summed E-state index contributed by atoms with van der Waals surface area (Å²) in [6.07, 6.45) is 4.99. The summed E-state index contributed by atoms with van der Waals surface area (Å²) < 4.78 is 0. The zero-order chi connectivity index (χ0) is 13.8. The predicted octanol–water partition coefficient (Wildman–Crippen LogP) is 2.12. The molecule has 0 heterocycles. The van der Waals surface area contributed by atoms with E-state index < -0.39 is 12.1 Å². The second-order valence-corrected chi connectivity index (χ2v) is 4.07.